The highest BCUT2D eigenvalue weighted by molar-refractivity contribution is 4.90. The molecule has 1 heterocycles. The molecule has 1 atom stereocenters. The number of hydrogen-bond acceptors (Lipinski definition) is 3. The molecular formula is C8H16O3. The van der Waals surface area contributed by atoms with Gasteiger partial charge in [-0.2, -0.15) is 0 Å². The molecule has 0 spiro atoms. The maximum atomic E-state index is 8.46. The number of hydrogen-bond donors (Lipinski definition) is 1. The molecule has 0 bridgehead atoms. The summed E-state index contributed by atoms with van der Waals surface area (Å²) < 4.78 is 10.5. The van der Waals surface area contributed by atoms with Crippen molar-refractivity contribution < 1.29 is 14.6 Å². The fraction of sp³-hybridized carbons (Fsp3) is 1.00. The van der Waals surface area contributed by atoms with Gasteiger partial charge in [-0.15, -0.1) is 0 Å². The summed E-state index contributed by atoms with van der Waals surface area (Å²) in [4.78, 5) is 0. The molecule has 3 heteroatoms. The van der Waals surface area contributed by atoms with E-state index >= 15 is 0 Å². The van der Waals surface area contributed by atoms with Crippen molar-refractivity contribution in [1.29, 1.82) is 0 Å². The first-order chi connectivity index (χ1) is 5.33. The number of rotatable bonds is 6. The maximum absolute atomic E-state index is 8.46. The Labute approximate surface area is 67.3 Å². The number of aliphatic hydroxyl groups is 1. The average molecular weight is 160 g/mol. The molecule has 3 nitrogen and oxygen atoms in total. The number of ether oxygens (including phenoxy) is 2. The minimum Gasteiger partial charge on any atom is -0.396 e. The van der Waals surface area contributed by atoms with Crippen LogP contribution in [0, 0.1) is 0 Å². The van der Waals surface area contributed by atoms with Crippen LogP contribution in [0.1, 0.15) is 19.8 Å². The van der Waals surface area contributed by atoms with Crippen LogP contribution in [-0.2, 0) is 9.47 Å². The van der Waals surface area contributed by atoms with Crippen molar-refractivity contribution >= 4 is 0 Å². The SMILES string of the molecule is CCC1(COCCCO)CO1. The van der Waals surface area contributed by atoms with Crippen molar-refractivity contribution in [3.63, 3.8) is 0 Å². The smallest absolute Gasteiger partial charge is 0.115 e. The summed E-state index contributed by atoms with van der Waals surface area (Å²) in [6.07, 6.45) is 1.74. The van der Waals surface area contributed by atoms with Crippen molar-refractivity contribution in [2.75, 3.05) is 26.4 Å². The van der Waals surface area contributed by atoms with Gasteiger partial charge in [-0.25, -0.2) is 0 Å². The van der Waals surface area contributed by atoms with Crippen LogP contribution in [0.4, 0.5) is 0 Å². The minimum absolute atomic E-state index is 0.0372. The van der Waals surface area contributed by atoms with Gasteiger partial charge < -0.3 is 14.6 Å². The molecule has 1 unspecified atom stereocenters. The van der Waals surface area contributed by atoms with Crippen LogP contribution in [0.15, 0.2) is 0 Å². The Bertz CT molecular complexity index is 110. The molecule has 0 amide bonds. The molecule has 1 aliphatic rings. The van der Waals surface area contributed by atoms with Crippen molar-refractivity contribution in [2.45, 2.75) is 25.4 Å². The molecule has 0 radical (unpaired) electrons. The van der Waals surface area contributed by atoms with Gasteiger partial charge in [0.05, 0.1) is 13.2 Å². The lowest BCUT2D eigenvalue weighted by Crippen LogP contribution is -2.18. The van der Waals surface area contributed by atoms with Crippen molar-refractivity contribution in [3.8, 4) is 0 Å². The Morgan fingerprint density at radius 3 is 2.82 bits per heavy atom. The zero-order valence-corrected chi connectivity index (χ0v) is 7.01. The zero-order chi connectivity index (χ0) is 8.16. The van der Waals surface area contributed by atoms with E-state index in [0.717, 1.165) is 19.4 Å². The summed E-state index contributed by atoms with van der Waals surface area (Å²) in [6.45, 7) is 4.47. The monoisotopic (exact) mass is 160 g/mol. The van der Waals surface area contributed by atoms with E-state index < -0.39 is 0 Å². The molecule has 0 aromatic rings. The fourth-order valence-electron chi connectivity index (χ4n) is 0.916. The van der Waals surface area contributed by atoms with Gasteiger partial charge in [-0.05, 0) is 12.8 Å². The third-order valence-electron chi connectivity index (χ3n) is 2.01. The predicted octanol–water partition coefficient (Wildman–Crippen LogP) is 0.564. The lowest BCUT2D eigenvalue weighted by Gasteiger charge is -2.08. The van der Waals surface area contributed by atoms with E-state index in [2.05, 4.69) is 6.92 Å². The van der Waals surface area contributed by atoms with Gasteiger partial charge in [0.25, 0.3) is 0 Å². The van der Waals surface area contributed by atoms with E-state index in [-0.39, 0.29) is 12.2 Å². The Hall–Kier alpha value is -0.120. The largest absolute Gasteiger partial charge is 0.396 e. The van der Waals surface area contributed by atoms with Gasteiger partial charge in [0.1, 0.15) is 5.60 Å². The normalized spacial score (nSPS) is 28.9. The highest BCUT2D eigenvalue weighted by atomic mass is 16.6. The standard InChI is InChI=1S/C8H16O3/c1-2-8(7-11-8)6-10-5-3-4-9/h9H,2-7H2,1H3. The molecule has 1 aliphatic heterocycles. The number of aliphatic hydroxyl groups excluding tert-OH is 1. The Morgan fingerprint density at radius 1 is 1.64 bits per heavy atom. The highest BCUT2D eigenvalue weighted by Gasteiger charge is 2.42. The van der Waals surface area contributed by atoms with Crippen molar-refractivity contribution in [1.82, 2.24) is 0 Å². The van der Waals surface area contributed by atoms with Gasteiger partial charge >= 0.3 is 0 Å². The first-order valence-electron chi connectivity index (χ1n) is 4.15. The molecule has 0 aromatic carbocycles. The molecular weight excluding hydrogens is 144 g/mol. The molecule has 1 rings (SSSR count). The van der Waals surface area contributed by atoms with Crippen LogP contribution in [0.3, 0.4) is 0 Å². The van der Waals surface area contributed by atoms with Crippen molar-refractivity contribution in [3.05, 3.63) is 0 Å². The lowest BCUT2D eigenvalue weighted by molar-refractivity contribution is 0.0674. The molecule has 1 fully saturated rings. The quantitative estimate of drug-likeness (QED) is 0.456. The maximum Gasteiger partial charge on any atom is 0.115 e. The predicted molar refractivity (Wildman–Crippen MR) is 41.5 cm³/mol. The van der Waals surface area contributed by atoms with Crippen LogP contribution < -0.4 is 0 Å². The summed E-state index contributed by atoms with van der Waals surface area (Å²) in [7, 11) is 0. The molecule has 0 saturated carbocycles. The summed E-state index contributed by atoms with van der Waals surface area (Å²) in [5.41, 5.74) is 0.0372. The summed E-state index contributed by atoms with van der Waals surface area (Å²) in [6, 6.07) is 0. The molecule has 11 heavy (non-hydrogen) atoms. The zero-order valence-electron chi connectivity index (χ0n) is 7.01. The van der Waals surface area contributed by atoms with E-state index in [0.29, 0.717) is 13.2 Å². The highest BCUT2D eigenvalue weighted by Crippen LogP contribution is 2.30. The fourth-order valence-corrected chi connectivity index (χ4v) is 0.916. The number of epoxide rings is 1. The van der Waals surface area contributed by atoms with E-state index in [9.17, 15) is 0 Å². The Balaban J connectivity index is 1.94. The molecule has 1 N–H and O–H groups in total. The summed E-state index contributed by atoms with van der Waals surface area (Å²) in [5.74, 6) is 0. The first-order valence-corrected chi connectivity index (χ1v) is 4.15. The molecule has 0 aromatic heterocycles. The summed E-state index contributed by atoms with van der Waals surface area (Å²) >= 11 is 0. The molecule has 1 saturated heterocycles. The van der Waals surface area contributed by atoms with Gasteiger partial charge in [0.15, 0.2) is 0 Å². The third kappa shape index (κ3) is 2.77. The van der Waals surface area contributed by atoms with E-state index in [1.807, 2.05) is 0 Å². The third-order valence-corrected chi connectivity index (χ3v) is 2.01. The topological polar surface area (TPSA) is 42.0 Å². The lowest BCUT2D eigenvalue weighted by atomic mass is 10.1. The van der Waals surface area contributed by atoms with Gasteiger partial charge in [-0.1, -0.05) is 6.92 Å². The molecule has 0 aliphatic carbocycles. The Kier molecular flexibility index (Phi) is 3.30. The van der Waals surface area contributed by atoms with Crippen molar-refractivity contribution in [2.24, 2.45) is 0 Å². The van der Waals surface area contributed by atoms with Gasteiger partial charge in [0, 0.05) is 13.2 Å². The van der Waals surface area contributed by atoms with Gasteiger partial charge in [0.2, 0.25) is 0 Å². The van der Waals surface area contributed by atoms with Crippen LogP contribution in [-0.4, -0.2) is 37.1 Å². The van der Waals surface area contributed by atoms with Gasteiger partial charge in [-0.3, -0.25) is 0 Å². The van der Waals surface area contributed by atoms with Crippen LogP contribution >= 0.6 is 0 Å². The second-order valence-electron chi connectivity index (χ2n) is 2.95. The minimum atomic E-state index is 0.0372. The van der Waals surface area contributed by atoms with Crippen LogP contribution in [0.2, 0.25) is 0 Å². The van der Waals surface area contributed by atoms with Crippen LogP contribution in [0.25, 0.3) is 0 Å². The van der Waals surface area contributed by atoms with E-state index in [1.165, 1.54) is 0 Å². The Morgan fingerprint density at radius 2 is 2.36 bits per heavy atom. The second-order valence-corrected chi connectivity index (χ2v) is 2.95. The van der Waals surface area contributed by atoms with Crippen LogP contribution in [0.5, 0.6) is 0 Å². The molecule has 66 valence electrons. The first kappa shape index (κ1) is 8.97. The average Bonchev–Trinajstić information content (AvgIpc) is 2.80. The van der Waals surface area contributed by atoms with E-state index in [4.69, 9.17) is 14.6 Å². The second kappa shape index (κ2) is 4.04. The summed E-state index contributed by atoms with van der Waals surface area (Å²) in [5, 5.41) is 8.46. The van der Waals surface area contributed by atoms with E-state index in [1.54, 1.807) is 0 Å².